The molecule has 0 saturated heterocycles. The molecule has 0 radical (unpaired) electrons. The van der Waals surface area contributed by atoms with Crippen LogP contribution in [0.4, 0.5) is 11.6 Å². The van der Waals surface area contributed by atoms with Gasteiger partial charge in [-0.15, -0.1) is 5.10 Å². The molecule has 110 valence electrons. The van der Waals surface area contributed by atoms with E-state index < -0.39 is 0 Å². The third-order valence-corrected chi connectivity index (χ3v) is 3.17. The van der Waals surface area contributed by atoms with Crippen LogP contribution >= 0.6 is 0 Å². The SMILES string of the molecule is CCNc1ccc(C(=O)Nc2nnc(C)c(C)n2)c(C)c1. The van der Waals surface area contributed by atoms with Crippen molar-refractivity contribution >= 4 is 17.5 Å². The summed E-state index contributed by atoms with van der Waals surface area (Å²) in [6.07, 6.45) is 0. The van der Waals surface area contributed by atoms with E-state index in [1.54, 1.807) is 6.07 Å². The number of carbonyl (C=O) groups excluding carboxylic acids is 1. The van der Waals surface area contributed by atoms with Gasteiger partial charge in [0.05, 0.1) is 11.4 Å². The Morgan fingerprint density at radius 1 is 1.14 bits per heavy atom. The third kappa shape index (κ3) is 3.53. The Balaban J connectivity index is 2.18. The van der Waals surface area contributed by atoms with Crippen molar-refractivity contribution in [2.45, 2.75) is 27.7 Å². The van der Waals surface area contributed by atoms with Crippen molar-refractivity contribution in [2.24, 2.45) is 0 Å². The van der Waals surface area contributed by atoms with Crippen molar-refractivity contribution in [1.29, 1.82) is 0 Å². The van der Waals surface area contributed by atoms with Gasteiger partial charge in [0.2, 0.25) is 5.95 Å². The average molecular weight is 285 g/mol. The average Bonchev–Trinajstić information content (AvgIpc) is 2.43. The minimum absolute atomic E-state index is 0.221. The summed E-state index contributed by atoms with van der Waals surface area (Å²) in [4.78, 5) is 16.5. The predicted octanol–water partition coefficient (Wildman–Crippen LogP) is 2.48. The first kappa shape index (κ1) is 14.9. The first-order chi connectivity index (χ1) is 10.0. The minimum atomic E-state index is -0.236. The monoisotopic (exact) mass is 285 g/mol. The molecule has 1 aromatic carbocycles. The van der Waals surface area contributed by atoms with Gasteiger partial charge in [-0.2, -0.15) is 5.10 Å². The van der Waals surface area contributed by atoms with E-state index in [4.69, 9.17) is 0 Å². The van der Waals surface area contributed by atoms with E-state index in [2.05, 4.69) is 25.8 Å². The first-order valence-electron chi connectivity index (χ1n) is 6.85. The lowest BCUT2D eigenvalue weighted by Crippen LogP contribution is -2.16. The van der Waals surface area contributed by atoms with Crippen molar-refractivity contribution in [3.8, 4) is 0 Å². The number of benzene rings is 1. The van der Waals surface area contributed by atoms with Gasteiger partial charge < -0.3 is 5.32 Å². The zero-order valence-electron chi connectivity index (χ0n) is 12.7. The Morgan fingerprint density at radius 3 is 2.52 bits per heavy atom. The summed E-state index contributed by atoms with van der Waals surface area (Å²) < 4.78 is 0. The van der Waals surface area contributed by atoms with Crippen molar-refractivity contribution in [1.82, 2.24) is 15.2 Å². The molecule has 0 aliphatic rings. The lowest BCUT2D eigenvalue weighted by Gasteiger charge is -2.09. The molecule has 6 heteroatoms. The van der Waals surface area contributed by atoms with Crippen molar-refractivity contribution in [3.05, 3.63) is 40.7 Å². The topological polar surface area (TPSA) is 79.8 Å². The number of aryl methyl sites for hydroxylation is 3. The van der Waals surface area contributed by atoms with E-state index in [0.29, 0.717) is 5.56 Å². The number of aromatic nitrogens is 3. The highest BCUT2D eigenvalue weighted by molar-refractivity contribution is 6.04. The highest BCUT2D eigenvalue weighted by atomic mass is 16.1. The van der Waals surface area contributed by atoms with Gasteiger partial charge in [0.15, 0.2) is 0 Å². The van der Waals surface area contributed by atoms with Gasteiger partial charge in [-0.1, -0.05) is 0 Å². The highest BCUT2D eigenvalue weighted by Gasteiger charge is 2.12. The maximum absolute atomic E-state index is 12.3. The first-order valence-corrected chi connectivity index (χ1v) is 6.85. The largest absolute Gasteiger partial charge is 0.385 e. The van der Waals surface area contributed by atoms with Crippen LogP contribution in [0.5, 0.6) is 0 Å². The molecule has 2 rings (SSSR count). The third-order valence-electron chi connectivity index (χ3n) is 3.17. The quantitative estimate of drug-likeness (QED) is 0.902. The van der Waals surface area contributed by atoms with Crippen molar-refractivity contribution < 1.29 is 4.79 Å². The molecule has 2 N–H and O–H groups in total. The Bertz CT molecular complexity index is 669. The zero-order valence-corrected chi connectivity index (χ0v) is 12.7. The summed E-state index contributed by atoms with van der Waals surface area (Å²) in [5, 5.41) is 13.7. The summed E-state index contributed by atoms with van der Waals surface area (Å²) in [5.74, 6) is -0.0149. The Kier molecular flexibility index (Phi) is 4.47. The number of amides is 1. The summed E-state index contributed by atoms with van der Waals surface area (Å²) in [7, 11) is 0. The fourth-order valence-electron chi connectivity index (χ4n) is 1.91. The highest BCUT2D eigenvalue weighted by Crippen LogP contribution is 2.16. The molecule has 0 fully saturated rings. The molecule has 2 aromatic rings. The van der Waals surface area contributed by atoms with Crippen LogP contribution in [0.1, 0.15) is 34.2 Å². The van der Waals surface area contributed by atoms with Crippen molar-refractivity contribution in [2.75, 3.05) is 17.2 Å². The molecule has 6 nitrogen and oxygen atoms in total. The molecular formula is C15H19N5O. The fourth-order valence-corrected chi connectivity index (χ4v) is 1.91. The number of hydrogen-bond acceptors (Lipinski definition) is 5. The van der Waals surface area contributed by atoms with Crippen LogP contribution in [0.2, 0.25) is 0 Å². The number of hydrogen-bond donors (Lipinski definition) is 2. The zero-order chi connectivity index (χ0) is 15.4. The molecule has 0 spiro atoms. The molecule has 0 aliphatic carbocycles. The van der Waals surface area contributed by atoms with Crippen LogP contribution in [0, 0.1) is 20.8 Å². The van der Waals surface area contributed by atoms with Crippen molar-refractivity contribution in [3.63, 3.8) is 0 Å². The number of nitrogens with zero attached hydrogens (tertiary/aromatic N) is 3. The smallest absolute Gasteiger partial charge is 0.258 e. The number of anilines is 2. The van der Waals surface area contributed by atoms with Crippen LogP contribution < -0.4 is 10.6 Å². The van der Waals surface area contributed by atoms with Crippen LogP contribution in [0.3, 0.4) is 0 Å². The molecule has 1 aromatic heterocycles. The van der Waals surface area contributed by atoms with Gasteiger partial charge in [0.25, 0.3) is 5.91 Å². The predicted molar refractivity (Wildman–Crippen MR) is 82.6 cm³/mol. The van der Waals surface area contributed by atoms with E-state index in [9.17, 15) is 4.79 Å². The summed E-state index contributed by atoms with van der Waals surface area (Å²) in [6.45, 7) is 8.42. The second kappa shape index (κ2) is 6.30. The second-order valence-electron chi connectivity index (χ2n) is 4.82. The fraction of sp³-hybridized carbons (Fsp3) is 0.333. The van der Waals surface area contributed by atoms with Crippen LogP contribution in [-0.4, -0.2) is 27.6 Å². The normalized spacial score (nSPS) is 10.3. The number of nitrogens with one attached hydrogen (secondary N) is 2. The van der Waals surface area contributed by atoms with Gasteiger partial charge in [-0.05, 0) is 51.5 Å². The standard InChI is InChI=1S/C15H19N5O/c1-5-16-12-6-7-13(9(2)8-12)14(21)18-15-17-10(3)11(4)19-20-15/h6-8,16H,5H2,1-4H3,(H,17,18,20,21). The van der Waals surface area contributed by atoms with E-state index >= 15 is 0 Å². The molecule has 0 bridgehead atoms. The molecule has 0 aliphatic heterocycles. The molecule has 21 heavy (non-hydrogen) atoms. The minimum Gasteiger partial charge on any atom is -0.385 e. The van der Waals surface area contributed by atoms with Crippen LogP contribution in [0.15, 0.2) is 18.2 Å². The van der Waals surface area contributed by atoms with E-state index in [0.717, 1.165) is 29.2 Å². The van der Waals surface area contributed by atoms with Gasteiger partial charge in [0.1, 0.15) is 0 Å². The second-order valence-corrected chi connectivity index (χ2v) is 4.82. The van der Waals surface area contributed by atoms with E-state index in [1.165, 1.54) is 0 Å². The number of rotatable bonds is 4. The Labute approximate surface area is 124 Å². The van der Waals surface area contributed by atoms with E-state index in [-0.39, 0.29) is 11.9 Å². The van der Waals surface area contributed by atoms with Crippen LogP contribution in [0.25, 0.3) is 0 Å². The molecule has 1 heterocycles. The lowest BCUT2D eigenvalue weighted by atomic mass is 10.1. The Morgan fingerprint density at radius 2 is 1.90 bits per heavy atom. The maximum atomic E-state index is 12.3. The molecular weight excluding hydrogens is 266 g/mol. The lowest BCUT2D eigenvalue weighted by molar-refractivity contribution is 0.102. The number of carbonyl (C=O) groups is 1. The van der Waals surface area contributed by atoms with Gasteiger partial charge in [0, 0.05) is 17.8 Å². The molecule has 1 amide bonds. The summed E-state index contributed by atoms with van der Waals surface area (Å²) in [5.41, 5.74) is 3.98. The molecule has 0 atom stereocenters. The Hall–Kier alpha value is -2.50. The van der Waals surface area contributed by atoms with Gasteiger partial charge in [-0.25, -0.2) is 4.98 Å². The summed E-state index contributed by atoms with van der Waals surface area (Å²) in [6, 6.07) is 5.61. The molecule has 0 unspecified atom stereocenters. The molecule has 0 saturated carbocycles. The van der Waals surface area contributed by atoms with Gasteiger partial charge >= 0.3 is 0 Å². The maximum Gasteiger partial charge on any atom is 0.258 e. The summed E-state index contributed by atoms with van der Waals surface area (Å²) >= 11 is 0. The van der Waals surface area contributed by atoms with E-state index in [1.807, 2.05) is 39.8 Å². The van der Waals surface area contributed by atoms with Gasteiger partial charge in [-0.3, -0.25) is 10.1 Å². The van der Waals surface area contributed by atoms with Crippen LogP contribution in [-0.2, 0) is 0 Å².